The summed E-state index contributed by atoms with van der Waals surface area (Å²) < 4.78 is 6.14. The van der Waals surface area contributed by atoms with Crippen LogP contribution in [0.3, 0.4) is 0 Å². The molecule has 1 aromatic carbocycles. The summed E-state index contributed by atoms with van der Waals surface area (Å²) in [6.45, 7) is 1.70. The number of anilines is 2. The van der Waals surface area contributed by atoms with E-state index in [9.17, 15) is 25.2 Å². The van der Waals surface area contributed by atoms with Crippen LogP contribution in [0.15, 0.2) is 29.3 Å². The van der Waals surface area contributed by atoms with Gasteiger partial charge in [-0.15, -0.1) is 0 Å². The first-order chi connectivity index (χ1) is 22.0. The lowest BCUT2D eigenvalue weighted by molar-refractivity contribution is -0.115. The molecule has 1 amide bonds. The topological polar surface area (TPSA) is 268 Å². The molecule has 2 aromatic rings. The number of hydrogen-bond acceptors (Lipinski definition) is 13. The van der Waals surface area contributed by atoms with Crippen molar-refractivity contribution < 1.29 is 35.1 Å². The maximum absolute atomic E-state index is 12.3. The van der Waals surface area contributed by atoms with E-state index in [-0.39, 0.29) is 35.0 Å². The first-order valence-electron chi connectivity index (χ1n) is 15.5. The number of nitrogens with two attached hydrogens (primary N) is 3. The number of nitrogens with zero attached hydrogens (tertiary/aromatic N) is 3. The van der Waals surface area contributed by atoms with Gasteiger partial charge in [-0.2, -0.15) is 0 Å². The highest BCUT2D eigenvalue weighted by Gasteiger charge is 2.30. The summed E-state index contributed by atoms with van der Waals surface area (Å²) in [6.07, 6.45) is 1.54. The summed E-state index contributed by atoms with van der Waals surface area (Å²) in [5.74, 6) is -0.422. The number of ether oxygens (including phenoxy) is 1. The van der Waals surface area contributed by atoms with Gasteiger partial charge in [0.1, 0.15) is 30.3 Å². The fraction of sp³-hybridized carbons (Fsp3) is 0.600. The van der Waals surface area contributed by atoms with E-state index in [2.05, 4.69) is 32.5 Å². The van der Waals surface area contributed by atoms with Crippen LogP contribution in [0.1, 0.15) is 74.3 Å². The van der Waals surface area contributed by atoms with Crippen LogP contribution in [0, 0.1) is 0 Å². The number of hydrogen-bond donors (Lipinski definition) is 10. The second kappa shape index (κ2) is 20.7. The molecule has 1 unspecified atom stereocenters. The first-order valence-corrected chi connectivity index (χ1v) is 15.9. The fourth-order valence-corrected chi connectivity index (χ4v) is 4.56. The predicted octanol–water partition coefficient (Wildman–Crippen LogP) is 0.453. The van der Waals surface area contributed by atoms with Gasteiger partial charge in [0.15, 0.2) is 28.4 Å². The molecule has 16 heteroatoms. The molecule has 0 aliphatic carbocycles. The molecular formula is C30H49ClN8O7. The monoisotopic (exact) mass is 668 g/mol. The van der Waals surface area contributed by atoms with Gasteiger partial charge < -0.3 is 47.5 Å². The molecule has 0 radical (unpaired) electrons. The minimum absolute atomic E-state index is 0.0849. The number of carbonyl (C=O) groups excluding carboxylic acids is 1. The zero-order valence-corrected chi connectivity index (χ0v) is 26.9. The van der Waals surface area contributed by atoms with Crippen LogP contribution < -0.4 is 32.6 Å². The molecule has 0 saturated carbocycles. The number of unbranched alkanes of at least 4 members (excludes halogenated alkanes) is 5. The Morgan fingerprint density at radius 2 is 1.63 bits per heavy atom. The molecule has 1 heterocycles. The summed E-state index contributed by atoms with van der Waals surface area (Å²) in [7, 11) is 0. The molecule has 5 atom stereocenters. The lowest BCUT2D eigenvalue weighted by Gasteiger charge is -2.28. The van der Waals surface area contributed by atoms with Gasteiger partial charge in [-0.25, -0.2) is 9.97 Å². The molecule has 46 heavy (non-hydrogen) atoms. The SMILES string of the molecule is CCCCCCCC(NC[C@H](O)[C@@H](O)[C@H](O)[C@H](O)CO)Oc1ccc(CCCCN=C(N)NC(=O)c2nc(Cl)c(N)nc2N)cc1. The summed E-state index contributed by atoms with van der Waals surface area (Å²) in [6, 6.07) is 7.63. The van der Waals surface area contributed by atoms with Crippen LogP contribution in [0.5, 0.6) is 5.75 Å². The zero-order chi connectivity index (χ0) is 34.1. The Morgan fingerprint density at radius 3 is 2.30 bits per heavy atom. The Hall–Kier alpha value is -3.31. The number of benzene rings is 1. The van der Waals surface area contributed by atoms with Crippen molar-refractivity contribution in [2.45, 2.75) is 95.4 Å². The minimum Gasteiger partial charge on any atom is -0.475 e. The Kier molecular flexibility index (Phi) is 17.5. The molecular weight excluding hydrogens is 620 g/mol. The standard InChI is InChI=1S/C30H49ClN8O7/c1-2-3-4-5-6-10-22(36-16-20(41)24(43)25(44)21(42)17-40)46-19-13-11-18(12-14-19)9-7-8-15-35-30(34)39-29(45)23-27(32)38-28(33)26(31)37-23/h11-14,20-22,24-25,36,40-44H,2-10,15-17H2,1H3,(H4,32,33,38)(H3,34,35,39,45)/t20-,21+,22?,24+,25+/m0/s1. The molecule has 258 valence electrons. The van der Waals surface area contributed by atoms with Crippen molar-refractivity contribution in [1.29, 1.82) is 0 Å². The van der Waals surface area contributed by atoms with E-state index in [1.165, 1.54) is 0 Å². The van der Waals surface area contributed by atoms with Crippen LogP contribution in [-0.2, 0) is 6.42 Å². The van der Waals surface area contributed by atoms with E-state index in [1.807, 2.05) is 24.3 Å². The van der Waals surface area contributed by atoms with E-state index < -0.39 is 43.2 Å². The van der Waals surface area contributed by atoms with Gasteiger partial charge >= 0.3 is 0 Å². The number of amides is 1. The Balaban J connectivity index is 1.83. The van der Waals surface area contributed by atoms with Crippen LogP contribution >= 0.6 is 11.6 Å². The maximum Gasteiger partial charge on any atom is 0.280 e. The largest absolute Gasteiger partial charge is 0.475 e. The second-order valence-electron chi connectivity index (χ2n) is 11.0. The van der Waals surface area contributed by atoms with Crippen LogP contribution in [0.4, 0.5) is 11.6 Å². The lowest BCUT2D eigenvalue weighted by Crippen LogP contribution is -2.50. The molecule has 0 saturated heterocycles. The Bertz CT molecular complexity index is 1220. The fourth-order valence-electron chi connectivity index (χ4n) is 4.44. The number of guanidine groups is 1. The van der Waals surface area contributed by atoms with Crippen LogP contribution in [0.2, 0.25) is 5.15 Å². The third kappa shape index (κ3) is 13.6. The highest BCUT2D eigenvalue weighted by atomic mass is 35.5. The summed E-state index contributed by atoms with van der Waals surface area (Å²) in [5.41, 5.74) is 17.9. The van der Waals surface area contributed by atoms with Gasteiger partial charge in [0.2, 0.25) is 0 Å². The number of halogens is 1. The third-order valence-corrected chi connectivity index (χ3v) is 7.45. The highest BCUT2D eigenvalue weighted by molar-refractivity contribution is 6.31. The van der Waals surface area contributed by atoms with Gasteiger partial charge in [0, 0.05) is 13.1 Å². The third-order valence-electron chi connectivity index (χ3n) is 7.17. The number of aryl methyl sites for hydroxylation is 1. The average Bonchev–Trinajstić information content (AvgIpc) is 3.04. The molecule has 0 spiro atoms. The van der Waals surface area contributed by atoms with Gasteiger partial charge in [-0.05, 0) is 49.8 Å². The highest BCUT2D eigenvalue weighted by Crippen LogP contribution is 2.19. The smallest absolute Gasteiger partial charge is 0.280 e. The van der Waals surface area contributed by atoms with Crippen molar-refractivity contribution >= 4 is 35.1 Å². The minimum atomic E-state index is -1.69. The van der Waals surface area contributed by atoms with E-state index in [0.29, 0.717) is 25.1 Å². The van der Waals surface area contributed by atoms with E-state index in [4.69, 9.17) is 38.6 Å². The van der Waals surface area contributed by atoms with Crippen molar-refractivity contribution in [2.24, 2.45) is 10.7 Å². The average molecular weight is 669 g/mol. The summed E-state index contributed by atoms with van der Waals surface area (Å²) in [4.78, 5) is 24.1. The molecule has 13 N–H and O–H groups in total. The number of aliphatic imine (C=N–C) groups is 1. The molecule has 0 fully saturated rings. The number of aliphatic hydroxyl groups is 5. The molecule has 1 aromatic heterocycles. The molecule has 0 aliphatic heterocycles. The Morgan fingerprint density at radius 1 is 0.957 bits per heavy atom. The lowest BCUT2D eigenvalue weighted by atomic mass is 10.0. The maximum atomic E-state index is 12.3. The molecule has 0 aliphatic rings. The number of aromatic nitrogens is 2. The quantitative estimate of drug-likeness (QED) is 0.0375. The van der Waals surface area contributed by atoms with Crippen molar-refractivity contribution in [3.63, 3.8) is 0 Å². The number of nitrogens with one attached hydrogen (secondary N) is 2. The number of nitrogen functional groups attached to an aromatic ring is 2. The van der Waals surface area contributed by atoms with Crippen molar-refractivity contribution in [3.05, 3.63) is 40.7 Å². The van der Waals surface area contributed by atoms with E-state index >= 15 is 0 Å². The van der Waals surface area contributed by atoms with Gasteiger partial charge in [0.05, 0.1) is 12.7 Å². The molecule has 2 rings (SSSR count). The van der Waals surface area contributed by atoms with Crippen molar-refractivity contribution in [3.8, 4) is 5.75 Å². The number of aliphatic hydroxyl groups excluding tert-OH is 5. The Labute approximate surface area is 274 Å². The van der Waals surface area contributed by atoms with Crippen LogP contribution in [-0.4, -0.2) is 97.7 Å². The predicted molar refractivity (Wildman–Crippen MR) is 176 cm³/mol. The molecule has 15 nitrogen and oxygen atoms in total. The van der Waals surface area contributed by atoms with Gasteiger partial charge in [0.25, 0.3) is 5.91 Å². The summed E-state index contributed by atoms with van der Waals surface area (Å²) >= 11 is 5.81. The van der Waals surface area contributed by atoms with Crippen molar-refractivity contribution in [2.75, 3.05) is 31.2 Å². The number of rotatable bonds is 21. The first kappa shape index (κ1) is 38.9. The zero-order valence-electron chi connectivity index (χ0n) is 26.2. The van der Waals surface area contributed by atoms with Gasteiger partial charge in [-0.3, -0.25) is 20.4 Å². The summed E-state index contributed by atoms with van der Waals surface area (Å²) in [5, 5.41) is 54.2. The van der Waals surface area contributed by atoms with Gasteiger partial charge in [-0.1, -0.05) is 56.3 Å². The van der Waals surface area contributed by atoms with E-state index in [1.54, 1.807) is 0 Å². The van der Waals surface area contributed by atoms with Crippen molar-refractivity contribution in [1.82, 2.24) is 20.6 Å². The second-order valence-corrected chi connectivity index (χ2v) is 11.3. The molecule has 0 bridgehead atoms. The number of carbonyl (C=O) groups is 1. The van der Waals surface area contributed by atoms with E-state index in [0.717, 1.165) is 50.5 Å². The normalized spacial score (nSPS) is 15.2. The van der Waals surface area contributed by atoms with Crippen LogP contribution in [0.25, 0.3) is 0 Å².